The minimum Gasteiger partial charge on any atom is -0.394 e. The molecule has 0 bridgehead atoms. The summed E-state index contributed by atoms with van der Waals surface area (Å²) in [5, 5.41) is 14.5. The number of alkyl halides is 3. The Morgan fingerprint density at radius 1 is 1.50 bits per heavy atom. The third-order valence-corrected chi connectivity index (χ3v) is 3.77. The quantitative estimate of drug-likeness (QED) is 0.722. The number of carbonyl (C=O) groups is 1. The predicted octanol–water partition coefficient (Wildman–Crippen LogP) is 1.58. The van der Waals surface area contributed by atoms with E-state index in [0.29, 0.717) is 5.92 Å². The normalized spacial score (nSPS) is 29.0. The lowest BCUT2D eigenvalue weighted by atomic mass is 9.76. The zero-order valence-electron chi connectivity index (χ0n) is 11.9. The van der Waals surface area contributed by atoms with Crippen molar-refractivity contribution in [1.29, 1.82) is 0 Å². The van der Waals surface area contributed by atoms with Crippen molar-refractivity contribution in [2.75, 3.05) is 13.2 Å². The summed E-state index contributed by atoms with van der Waals surface area (Å²) >= 11 is 0. The zero-order valence-corrected chi connectivity index (χ0v) is 11.9. The molecule has 0 spiro atoms. The fourth-order valence-corrected chi connectivity index (χ4v) is 2.85. The van der Waals surface area contributed by atoms with Crippen LogP contribution in [0.25, 0.3) is 0 Å². The average Bonchev–Trinajstić information content (AvgIpc) is 2.35. The van der Waals surface area contributed by atoms with Gasteiger partial charge in [0.2, 0.25) is 5.91 Å². The Labute approximate surface area is 117 Å². The number of amides is 1. The van der Waals surface area contributed by atoms with Crippen LogP contribution in [0.5, 0.6) is 0 Å². The molecule has 1 aliphatic carbocycles. The summed E-state index contributed by atoms with van der Waals surface area (Å²) in [6, 6.07) is -0.769. The van der Waals surface area contributed by atoms with Gasteiger partial charge in [-0.1, -0.05) is 19.8 Å². The highest BCUT2D eigenvalue weighted by Crippen LogP contribution is 2.32. The maximum absolute atomic E-state index is 12.1. The van der Waals surface area contributed by atoms with Crippen molar-refractivity contribution in [2.45, 2.75) is 57.3 Å². The molecule has 0 aliphatic heterocycles. The molecule has 1 fully saturated rings. The van der Waals surface area contributed by atoms with E-state index in [1.807, 2.05) is 5.32 Å². The molecule has 7 heteroatoms. The third kappa shape index (κ3) is 5.28. The summed E-state index contributed by atoms with van der Waals surface area (Å²) < 4.78 is 36.2. The lowest BCUT2D eigenvalue weighted by Gasteiger charge is -2.41. The minimum atomic E-state index is -4.41. The van der Waals surface area contributed by atoms with Crippen LogP contribution >= 0.6 is 0 Å². The van der Waals surface area contributed by atoms with Gasteiger partial charge in [-0.3, -0.25) is 10.1 Å². The van der Waals surface area contributed by atoms with E-state index in [0.717, 1.165) is 25.7 Å². The molecule has 0 aromatic heterocycles. The Bertz CT molecular complexity index is 336. The number of halogens is 3. The molecule has 1 saturated carbocycles. The highest BCUT2D eigenvalue weighted by Gasteiger charge is 2.37. The monoisotopic (exact) mass is 296 g/mol. The number of carbonyl (C=O) groups excluding carboxylic acids is 1. The summed E-state index contributed by atoms with van der Waals surface area (Å²) in [5.74, 6) is -0.276. The van der Waals surface area contributed by atoms with Crippen LogP contribution in [0.4, 0.5) is 13.2 Å². The highest BCUT2D eigenvalue weighted by atomic mass is 19.4. The second-order valence-electron chi connectivity index (χ2n) is 5.84. The lowest BCUT2D eigenvalue weighted by Crippen LogP contribution is -2.58. The van der Waals surface area contributed by atoms with Crippen LogP contribution in [0.2, 0.25) is 0 Å². The predicted molar refractivity (Wildman–Crippen MR) is 69.1 cm³/mol. The second-order valence-corrected chi connectivity index (χ2v) is 5.84. The van der Waals surface area contributed by atoms with Gasteiger partial charge in [0, 0.05) is 5.54 Å². The van der Waals surface area contributed by atoms with Gasteiger partial charge in [-0.25, -0.2) is 0 Å². The van der Waals surface area contributed by atoms with E-state index in [9.17, 15) is 23.1 Å². The molecule has 0 aromatic rings. The van der Waals surface area contributed by atoms with E-state index in [2.05, 4.69) is 12.2 Å². The van der Waals surface area contributed by atoms with Gasteiger partial charge in [0.05, 0.1) is 12.6 Å². The molecule has 3 unspecified atom stereocenters. The molecular weight excluding hydrogens is 273 g/mol. The summed E-state index contributed by atoms with van der Waals surface area (Å²) in [4.78, 5) is 11.6. The van der Waals surface area contributed by atoms with E-state index in [1.54, 1.807) is 0 Å². The smallest absolute Gasteiger partial charge is 0.394 e. The summed E-state index contributed by atoms with van der Waals surface area (Å²) in [7, 11) is 0. The maximum Gasteiger partial charge on any atom is 0.405 e. The zero-order chi connectivity index (χ0) is 15.4. The molecule has 1 amide bonds. The van der Waals surface area contributed by atoms with Crippen LogP contribution in [0, 0.1) is 5.92 Å². The molecule has 0 aromatic carbocycles. The van der Waals surface area contributed by atoms with Crippen LogP contribution < -0.4 is 10.6 Å². The Balaban J connectivity index is 2.54. The van der Waals surface area contributed by atoms with E-state index in [-0.39, 0.29) is 6.61 Å². The molecule has 1 aliphatic rings. The second kappa shape index (κ2) is 6.76. The summed E-state index contributed by atoms with van der Waals surface area (Å²) in [6.07, 6.45) is -0.960. The van der Waals surface area contributed by atoms with E-state index >= 15 is 0 Å². The molecule has 0 radical (unpaired) electrons. The Morgan fingerprint density at radius 2 is 2.15 bits per heavy atom. The van der Waals surface area contributed by atoms with Crippen LogP contribution in [0.1, 0.15) is 39.5 Å². The van der Waals surface area contributed by atoms with Crippen molar-refractivity contribution in [2.24, 2.45) is 5.92 Å². The molecule has 3 atom stereocenters. The van der Waals surface area contributed by atoms with Crippen molar-refractivity contribution in [3.8, 4) is 0 Å². The first-order valence-electron chi connectivity index (χ1n) is 6.90. The lowest BCUT2D eigenvalue weighted by molar-refractivity contribution is -0.139. The van der Waals surface area contributed by atoms with Gasteiger partial charge >= 0.3 is 6.18 Å². The molecular formula is C13H23F3N2O2. The third-order valence-electron chi connectivity index (χ3n) is 3.77. The number of hydrogen-bond donors (Lipinski definition) is 3. The largest absolute Gasteiger partial charge is 0.405 e. The number of aliphatic hydroxyl groups is 1. The molecule has 4 nitrogen and oxygen atoms in total. The Hall–Kier alpha value is -0.820. The van der Waals surface area contributed by atoms with Crippen molar-refractivity contribution in [3.63, 3.8) is 0 Å². The van der Waals surface area contributed by atoms with Crippen LogP contribution in [-0.2, 0) is 4.79 Å². The number of rotatable bonds is 5. The number of nitrogens with one attached hydrogen (secondary N) is 2. The molecule has 118 valence electrons. The minimum absolute atomic E-state index is 0.117. The van der Waals surface area contributed by atoms with Gasteiger partial charge in [-0.15, -0.1) is 0 Å². The van der Waals surface area contributed by atoms with Gasteiger partial charge in [-0.05, 0) is 25.7 Å². The van der Waals surface area contributed by atoms with E-state index < -0.39 is 30.2 Å². The van der Waals surface area contributed by atoms with Crippen LogP contribution in [-0.4, -0.2) is 41.9 Å². The summed E-state index contributed by atoms with van der Waals surface area (Å²) in [5.41, 5.74) is -0.563. The van der Waals surface area contributed by atoms with E-state index in [4.69, 9.17) is 0 Å². The fourth-order valence-electron chi connectivity index (χ4n) is 2.85. The molecule has 1 rings (SSSR count). The SMILES string of the molecule is CC1CCCC(CO)(NC(C)C(=O)NCC(F)(F)F)C1. The van der Waals surface area contributed by atoms with Crippen molar-refractivity contribution < 1.29 is 23.1 Å². The van der Waals surface area contributed by atoms with Crippen molar-refractivity contribution >= 4 is 5.91 Å². The molecule has 0 heterocycles. The summed E-state index contributed by atoms with van der Waals surface area (Å²) in [6.45, 7) is 2.14. The first kappa shape index (κ1) is 17.2. The van der Waals surface area contributed by atoms with Gasteiger partial charge in [0.15, 0.2) is 0 Å². The van der Waals surface area contributed by atoms with Gasteiger partial charge in [-0.2, -0.15) is 13.2 Å². The number of aliphatic hydroxyl groups excluding tert-OH is 1. The standard InChI is InChI=1S/C13H23F3N2O2/c1-9-4-3-5-12(6-9,8-19)18-10(2)11(20)17-7-13(14,15)16/h9-10,18-19H,3-8H2,1-2H3,(H,17,20). The van der Waals surface area contributed by atoms with Crippen molar-refractivity contribution in [1.82, 2.24) is 10.6 Å². The maximum atomic E-state index is 12.1. The Morgan fingerprint density at radius 3 is 2.65 bits per heavy atom. The molecule has 20 heavy (non-hydrogen) atoms. The number of hydrogen-bond acceptors (Lipinski definition) is 3. The van der Waals surface area contributed by atoms with Crippen LogP contribution in [0.3, 0.4) is 0 Å². The Kier molecular flexibility index (Phi) is 5.82. The van der Waals surface area contributed by atoms with Crippen molar-refractivity contribution in [3.05, 3.63) is 0 Å². The topological polar surface area (TPSA) is 61.4 Å². The first-order valence-corrected chi connectivity index (χ1v) is 6.90. The van der Waals surface area contributed by atoms with Gasteiger partial charge in [0.1, 0.15) is 6.54 Å². The first-order chi connectivity index (χ1) is 9.17. The van der Waals surface area contributed by atoms with Crippen LogP contribution in [0.15, 0.2) is 0 Å². The average molecular weight is 296 g/mol. The van der Waals surface area contributed by atoms with E-state index in [1.165, 1.54) is 6.92 Å². The fraction of sp³-hybridized carbons (Fsp3) is 0.923. The van der Waals surface area contributed by atoms with Gasteiger partial charge in [0.25, 0.3) is 0 Å². The molecule has 0 saturated heterocycles. The highest BCUT2D eigenvalue weighted by molar-refractivity contribution is 5.81. The molecule has 3 N–H and O–H groups in total. The van der Waals surface area contributed by atoms with Gasteiger partial charge < -0.3 is 10.4 Å².